The van der Waals surface area contributed by atoms with Crippen LogP contribution in [0.2, 0.25) is 0 Å². The third-order valence-corrected chi connectivity index (χ3v) is 7.18. The van der Waals surface area contributed by atoms with Crippen molar-refractivity contribution in [1.29, 1.82) is 0 Å². The number of hydrogen-bond acceptors (Lipinski definition) is 4. The molecule has 0 spiro atoms. The van der Waals surface area contributed by atoms with Gasteiger partial charge in [0.15, 0.2) is 11.5 Å². The van der Waals surface area contributed by atoms with Crippen molar-refractivity contribution in [3.05, 3.63) is 53.1 Å². The third-order valence-electron chi connectivity index (χ3n) is 5.65. The van der Waals surface area contributed by atoms with Gasteiger partial charge in [-0.15, -0.1) is 0 Å². The highest BCUT2D eigenvalue weighted by molar-refractivity contribution is 7.89. The number of benzene rings is 2. The Kier molecular flexibility index (Phi) is 4.64. The van der Waals surface area contributed by atoms with Crippen molar-refractivity contribution in [2.45, 2.75) is 49.0 Å². The van der Waals surface area contributed by atoms with Gasteiger partial charge in [-0.3, -0.25) is 0 Å². The van der Waals surface area contributed by atoms with Gasteiger partial charge in [0.05, 0.1) is 24.7 Å². The lowest BCUT2D eigenvalue weighted by Crippen LogP contribution is -2.35. The average Bonchev–Trinajstić information content (AvgIpc) is 3.46. The van der Waals surface area contributed by atoms with E-state index in [0.717, 1.165) is 37.7 Å². The van der Waals surface area contributed by atoms with Gasteiger partial charge in [-0.1, -0.05) is 12.1 Å². The Morgan fingerprint density at radius 2 is 1.59 bits per heavy atom. The van der Waals surface area contributed by atoms with Crippen molar-refractivity contribution in [3.8, 4) is 11.5 Å². The number of rotatable bonds is 6. The summed E-state index contributed by atoms with van der Waals surface area (Å²) >= 11 is 0. The van der Waals surface area contributed by atoms with E-state index < -0.39 is 15.6 Å². The molecule has 27 heavy (non-hydrogen) atoms. The molecule has 1 fully saturated rings. The highest BCUT2D eigenvalue weighted by atomic mass is 32.2. The van der Waals surface area contributed by atoms with Gasteiger partial charge in [-0.25, -0.2) is 13.1 Å². The molecule has 0 heterocycles. The van der Waals surface area contributed by atoms with Gasteiger partial charge in [0, 0.05) is 0 Å². The molecule has 6 heteroatoms. The van der Waals surface area contributed by atoms with Gasteiger partial charge in [0.1, 0.15) is 0 Å². The molecular formula is C21H25NO4S. The number of fused-ring (bicyclic) bond motifs is 1. The van der Waals surface area contributed by atoms with E-state index in [-0.39, 0.29) is 0 Å². The van der Waals surface area contributed by atoms with Crippen LogP contribution in [0.1, 0.15) is 42.4 Å². The fourth-order valence-corrected chi connectivity index (χ4v) is 5.40. The summed E-state index contributed by atoms with van der Waals surface area (Å²) in [6.07, 6.45) is 5.84. The van der Waals surface area contributed by atoms with Crippen molar-refractivity contribution in [3.63, 3.8) is 0 Å². The molecule has 4 rings (SSSR count). The van der Waals surface area contributed by atoms with Gasteiger partial charge >= 0.3 is 0 Å². The van der Waals surface area contributed by atoms with E-state index in [0.29, 0.717) is 16.4 Å². The minimum Gasteiger partial charge on any atom is -0.493 e. The Morgan fingerprint density at radius 1 is 0.889 bits per heavy atom. The first-order valence-corrected chi connectivity index (χ1v) is 10.8. The van der Waals surface area contributed by atoms with Gasteiger partial charge < -0.3 is 9.47 Å². The van der Waals surface area contributed by atoms with Gasteiger partial charge in [0.25, 0.3) is 0 Å². The SMILES string of the molecule is COc1ccc(C2(NS(=O)(=O)c3ccc4c(c3)CCCC4)CC2)cc1OC. The summed E-state index contributed by atoms with van der Waals surface area (Å²) in [5.41, 5.74) is 2.79. The largest absolute Gasteiger partial charge is 0.493 e. The zero-order valence-corrected chi connectivity index (χ0v) is 16.6. The molecular weight excluding hydrogens is 362 g/mol. The minimum atomic E-state index is -3.59. The van der Waals surface area contributed by atoms with Crippen LogP contribution in [0.15, 0.2) is 41.3 Å². The van der Waals surface area contributed by atoms with Crippen LogP contribution in [0.3, 0.4) is 0 Å². The molecule has 0 aliphatic heterocycles. The first-order valence-electron chi connectivity index (χ1n) is 9.36. The smallest absolute Gasteiger partial charge is 0.241 e. The van der Waals surface area contributed by atoms with E-state index in [1.807, 2.05) is 30.3 Å². The molecule has 0 amide bonds. The maximum atomic E-state index is 13.1. The van der Waals surface area contributed by atoms with Crippen LogP contribution in [0, 0.1) is 0 Å². The second kappa shape index (κ2) is 6.84. The number of ether oxygens (including phenoxy) is 2. The normalized spacial score (nSPS) is 17.9. The highest BCUT2D eigenvalue weighted by Gasteiger charge is 2.48. The van der Waals surface area contributed by atoms with E-state index in [1.165, 1.54) is 17.5 Å². The Hall–Kier alpha value is -2.05. The molecule has 1 saturated carbocycles. The zero-order valence-electron chi connectivity index (χ0n) is 15.7. The molecule has 0 radical (unpaired) electrons. The highest BCUT2D eigenvalue weighted by Crippen LogP contribution is 2.48. The fraction of sp³-hybridized carbons (Fsp3) is 0.429. The van der Waals surface area contributed by atoms with Crippen LogP contribution >= 0.6 is 0 Å². The molecule has 144 valence electrons. The molecule has 2 aliphatic carbocycles. The minimum absolute atomic E-state index is 0.356. The van der Waals surface area contributed by atoms with Crippen LogP contribution in [0.4, 0.5) is 0 Å². The van der Waals surface area contributed by atoms with Crippen molar-refractivity contribution < 1.29 is 17.9 Å². The number of sulfonamides is 1. The summed E-state index contributed by atoms with van der Waals surface area (Å²) in [6.45, 7) is 0. The van der Waals surface area contributed by atoms with Crippen LogP contribution in [0.5, 0.6) is 11.5 Å². The van der Waals surface area contributed by atoms with Crippen molar-refractivity contribution >= 4 is 10.0 Å². The van der Waals surface area contributed by atoms with E-state index >= 15 is 0 Å². The van der Waals surface area contributed by atoms with Crippen molar-refractivity contribution in [1.82, 2.24) is 4.72 Å². The number of hydrogen-bond donors (Lipinski definition) is 1. The van der Waals surface area contributed by atoms with Crippen LogP contribution in [-0.2, 0) is 28.4 Å². The number of methoxy groups -OCH3 is 2. The third kappa shape index (κ3) is 3.44. The van der Waals surface area contributed by atoms with E-state index in [2.05, 4.69) is 4.72 Å². The lowest BCUT2D eigenvalue weighted by atomic mass is 9.92. The molecule has 5 nitrogen and oxygen atoms in total. The molecule has 0 bridgehead atoms. The lowest BCUT2D eigenvalue weighted by molar-refractivity contribution is 0.354. The predicted octanol–water partition coefficient (Wildman–Crippen LogP) is 3.55. The Morgan fingerprint density at radius 3 is 2.26 bits per heavy atom. The van der Waals surface area contributed by atoms with Crippen LogP contribution in [-0.4, -0.2) is 22.6 Å². The van der Waals surface area contributed by atoms with Crippen LogP contribution in [0.25, 0.3) is 0 Å². The first kappa shape index (κ1) is 18.3. The molecule has 2 aromatic rings. The topological polar surface area (TPSA) is 64.6 Å². The number of aryl methyl sites for hydroxylation is 2. The lowest BCUT2D eigenvalue weighted by Gasteiger charge is -2.21. The van der Waals surface area contributed by atoms with Crippen LogP contribution < -0.4 is 14.2 Å². The summed E-state index contributed by atoms with van der Waals surface area (Å²) in [5.74, 6) is 1.24. The van der Waals surface area contributed by atoms with E-state index in [9.17, 15) is 8.42 Å². The summed E-state index contributed by atoms with van der Waals surface area (Å²) in [5, 5.41) is 0. The van der Waals surface area contributed by atoms with E-state index in [1.54, 1.807) is 20.3 Å². The van der Waals surface area contributed by atoms with Gasteiger partial charge in [-0.05, 0) is 79.5 Å². The Labute approximate surface area is 160 Å². The fourth-order valence-electron chi connectivity index (χ4n) is 3.90. The quantitative estimate of drug-likeness (QED) is 0.823. The molecule has 0 atom stereocenters. The zero-order chi connectivity index (χ0) is 19.1. The Balaban J connectivity index is 1.63. The molecule has 2 aliphatic rings. The predicted molar refractivity (Wildman–Crippen MR) is 104 cm³/mol. The van der Waals surface area contributed by atoms with Crippen molar-refractivity contribution in [2.24, 2.45) is 0 Å². The average molecular weight is 388 g/mol. The molecule has 0 aromatic heterocycles. The molecule has 0 unspecified atom stereocenters. The number of nitrogens with one attached hydrogen (secondary N) is 1. The van der Waals surface area contributed by atoms with Crippen molar-refractivity contribution in [2.75, 3.05) is 14.2 Å². The molecule has 2 aromatic carbocycles. The summed E-state index contributed by atoms with van der Waals surface area (Å²) in [6, 6.07) is 11.1. The maximum Gasteiger partial charge on any atom is 0.241 e. The molecule has 1 N–H and O–H groups in total. The Bertz CT molecular complexity index is 964. The monoisotopic (exact) mass is 387 g/mol. The van der Waals surface area contributed by atoms with E-state index in [4.69, 9.17) is 9.47 Å². The molecule has 0 saturated heterocycles. The van der Waals surface area contributed by atoms with Gasteiger partial charge in [-0.2, -0.15) is 0 Å². The summed E-state index contributed by atoms with van der Waals surface area (Å²) in [7, 11) is -0.426. The summed E-state index contributed by atoms with van der Waals surface area (Å²) in [4.78, 5) is 0.356. The summed E-state index contributed by atoms with van der Waals surface area (Å²) < 4.78 is 39.7. The standard InChI is InChI=1S/C21H25NO4S/c1-25-19-10-8-17(14-20(19)26-2)21(11-12-21)22-27(23,24)18-9-7-15-5-3-4-6-16(15)13-18/h7-10,13-14,22H,3-6,11-12H2,1-2H3. The first-order chi connectivity index (χ1) is 13.0. The van der Waals surface area contributed by atoms with Gasteiger partial charge in [0.2, 0.25) is 10.0 Å². The maximum absolute atomic E-state index is 13.1. The second-order valence-corrected chi connectivity index (χ2v) is 9.08. The second-order valence-electron chi connectivity index (χ2n) is 7.39.